The summed E-state index contributed by atoms with van der Waals surface area (Å²) in [5.41, 5.74) is 6.76. The zero-order chi connectivity index (χ0) is 8.97. The van der Waals surface area contributed by atoms with E-state index in [9.17, 15) is 0 Å². The lowest BCUT2D eigenvalue weighted by atomic mass is 10.2. The molecule has 0 unspecified atom stereocenters. The van der Waals surface area contributed by atoms with Crippen molar-refractivity contribution in [3.05, 3.63) is 23.9 Å². The summed E-state index contributed by atoms with van der Waals surface area (Å²) in [6.07, 6.45) is 1.74. The first kappa shape index (κ1) is 9.00. The average molecular weight is 165 g/mol. The minimum Gasteiger partial charge on any atom is -0.384 e. The summed E-state index contributed by atoms with van der Waals surface area (Å²) in [6.45, 7) is 4.11. The van der Waals surface area contributed by atoms with Crippen LogP contribution in [0.2, 0.25) is 0 Å². The molecule has 3 nitrogen and oxygen atoms in total. The maximum atomic E-state index is 5.55. The van der Waals surface area contributed by atoms with E-state index in [0.717, 1.165) is 13.1 Å². The molecule has 0 bridgehead atoms. The first-order valence-corrected chi connectivity index (χ1v) is 4.11. The lowest BCUT2D eigenvalue weighted by Crippen LogP contribution is -2.16. The molecule has 12 heavy (non-hydrogen) atoms. The highest BCUT2D eigenvalue weighted by atomic mass is 15.1. The Labute approximate surface area is 73.2 Å². The Morgan fingerprint density at radius 3 is 2.92 bits per heavy atom. The highest BCUT2D eigenvalue weighted by Crippen LogP contribution is 2.05. The molecular formula is C9H15N3. The van der Waals surface area contributed by atoms with Gasteiger partial charge in [0.25, 0.3) is 0 Å². The highest BCUT2D eigenvalue weighted by molar-refractivity contribution is 5.31. The molecule has 3 heteroatoms. The number of pyridine rings is 1. The predicted octanol–water partition coefficient (Wildman–Crippen LogP) is 1.12. The maximum Gasteiger partial charge on any atom is 0.123 e. The van der Waals surface area contributed by atoms with Crippen molar-refractivity contribution >= 4 is 5.82 Å². The van der Waals surface area contributed by atoms with Gasteiger partial charge < -0.3 is 10.6 Å². The number of nitrogens with zero attached hydrogens (tertiary/aromatic N) is 2. The number of hydrogen-bond acceptors (Lipinski definition) is 3. The first-order chi connectivity index (χ1) is 5.72. The highest BCUT2D eigenvalue weighted by Gasteiger charge is 1.97. The van der Waals surface area contributed by atoms with Gasteiger partial charge in [0.2, 0.25) is 0 Å². The largest absolute Gasteiger partial charge is 0.384 e. The van der Waals surface area contributed by atoms with E-state index in [4.69, 9.17) is 5.73 Å². The summed E-state index contributed by atoms with van der Waals surface area (Å²) < 4.78 is 0. The molecule has 1 aromatic rings. The van der Waals surface area contributed by atoms with Crippen LogP contribution in [0, 0.1) is 0 Å². The van der Waals surface area contributed by atoms with Crippen molar-refractivity contribution in [1.82, 2.24) is 9.88 Å². The molecule has 0 saturated heterocycles. The summed E-state index contributed by atoms with van der Waals surface area (Å²) in [4.78, 5) is 6.15. The average Bonchev–Trinajstić information content (AvgIpc) is 2.04. The summed E-state index contributed by atoms with van der Waals surface area (Å²) in [6, 6.07) is 3.90. The van der Waals surface area contributed by atoms with Gasteiger partial charge in [-0.05, 0) is 31.3 Å². The van der Waals surface area contributed by atoms with Gasteiger partial charge in [-0.15, -0.1) is 0 Å². The first-order valence-electron chi connectivity index (χ1n) is 4.11. The number of rotatable bonds is 3. The molecule has 0 radical (unpaired) electrons. The molecule has 0 saturated carbocycles. The summed E-state index contributed by atoms with van der Waals surface area (Å²) in [5.74, 6) is 0.594. The summed E-state index contributed by atoms with van der Waals surface area (Å²) in [7, 11) is 2.08. The molecular weight excluding hydrogens is 150 g/mol. The Morgan fingerprint density at radius 2 is 2.33 bits per heavy atom. The van der Waals surface area contributed by atoms with E-state index in [2.05, 4.69) is 23.9 Å². The van der Waals surface area contributed by atoms with Crippen molar-refractivity contribution in [3.63, 3.8) is 0 Å². The molecule has 0 spiro atoms. The zero-order valence-corrected chi connectivity index (χ0v) is 7.62. The van der Waals surface area contributed by atoms with E-state index in [0.29, 0.717) is 5.82 Å². The fourth-order valence-corrected chi connectivity index (χ4v) is 1.02. The Kier molecular flexibility index (Phi) is 3.05. The third kappa shape index (κ3) is 2.51. The van der Waals surface area contributed by atoms with Gasteiger partial charge in [-0.2, -0.15) is 0 Å². The monoisotopic (exact) mass is 165 g/mol. The molecule has 1 aromatic heterocycles. The lowest BCUT2D eigenvalue weighted by Gasteiger charge is -2.13. The Morgan fingerprint density at radius 1 is 1.58 bits per heavy atom. The van der Waals surface area contributed by atoms with Gasteiger partial charge in [0.1, 0.15) is 5.82 Å². The van der Waals surface area contributed by atoms with Gasteiger partial charge >= 0.3 is 0 Å². The maximum absolute atomic E-state index is 5.55. The minimum atomic E-state index is 0.594. The molecule has 0 aliphatic carbocycles. The van der Waals surface area contributed by atoms with Crippen LogP contribution >= 0.6 is 0 Å². The fraction of sp³-hybridized carbons (Fsp3) is 0.444. The van der Waals surface area contributed by atoms with Crippen molar-refractivity contribution in [2.75, 3.05) is 19.3 Å². The minimum absolute atomic E-state index is 0.594. The van der Waals surface area contributed by atoms with Gasteiger partial charge in [-0.25, -0.2) is 4.98 Å². The molecule has 2 N–H and O–H groups in total. The summed E-state index contributed by atoms with van der Waals surface area (Å²) in [5, 5.41) is 0. The van der Waals surface area contributed by atoms with Crippen LogP contribution in [0.1, 0.15) is 12.5 Å². The third-order valence-corrected chi connectivity index (χ3v) is 1.84. The van der Waals surface area contributed by atoms with E-state index < -0.39 is 0 Å². The molecule has 0 aliphatic rings. The van der Waals surface area contributed by atoms with Crippen LogP contribution in [0.5, 0.6) is 0 Å². The molecule has 1 heterocycles. The van der Waals surface area contributed by atoms with Crippen LogP contribution < -0.4 is 5.73 Å². The number of anilines is 1. The van der Waals surface area contributed by atoms with Crippen LogP contribution in [0.3, 0.4) is 0 Å². The van der Waals surface area contributed by atoms with E-state index in [1.165, 1.54) is 5.56 Å². The molecule has 0 atom stereocenters. The van der Waals surface area contributed by atoms with Crippen LogP contribution in [-0.4, -0.2) is 23.5 Å². The van der Waals surface area contributed by atoms with Crippen LogP contribution in [0.25, 0.3) is 0 Å². The second-order valence-corrected chi connectivity index (χ2v) is 2.92. The smallest absolute Gasteiger partial charge is 0.123 e. The van der Waals surface area contributed by atoms with E-state index >= 15 is 0 Å². The normalized spacial score (nSPS) is 10.6. The second kappa shape index (κ2) is 4.07. The van der Waals surface area contributed by atoms with Gasteiger partial charge in [-0.3, -0.25) is 0 Å². The van der Waals surface area contributed by atoms with E-state index in [1.807, 2.05) is 12.1 Å². The predicted molar refractivity (Wildman–Crippen MR) is 50.7 cm³/mol. The van der Waals surface area contributed by atoms with Crippen LogP contribution in [0.4, 0.5) is 5.82 Å². The van der Waals surface area contributed by atoms with E-state index in [-0.39, 0.29) is 0 Å². The molecule has 0 aliphatic heterocycles. The third-order valence-electron chi connectivity index (χ3n) is 1.84. The molecule has 66 valence electrons. The number of hydrogen-bond donors (Lipinski definition) is 1. The standard InChI is InChI=1S/C9H15N3/c1-3-12(2)7-8-4-5-11-9(10)6-8/h4-6H,3,7H2,1-2H3,(H2,10,11). The zero-order valence-electron chi connectivity index (χ0n) is 7.62. The Hall–Kier alpha value is -1.09. The lowest BCUT2D eigenvalue weighted by molar-refractivity contribution is 0.346. The van der Waals surface area contributed by atoms with Crippen LogP contribution in [-0.2, 0) is 6.54 Å². The summed E-state index contributed by atoms with van der Waals surface area (Å²) >= 11 is 0. The quantitative estimate of drug-likeness (QED) is 0.729. The van der Waals surface area contributed by atoms with Crippen molar-refractivity contribution < 1.29 is 0 Å². The molecule has 0 aromatic carbocycles. The van der Waals surface area contributed by atoms with Gasteiger partial charge in [0, 0.05) is 12.7 Å². The van der Waals surface area contributed by atoms with Gasteiger partial charge in [0.15, 0.2) is 0 Å². The van der Waals surface area contributed by atoms with Gasteiger partial charge in [-0.1, -0.05) is 6.92 Å². The van der Waals surface area contributed by atoms with Crippen molar-refractivity contribution in [1.29, 1.82) is 0 Å². The SMILES string of the molecule is CCN(C)Cc1ccnc(N)c1. The van der Waals surface area contributed by atoms with Crippen LogP contribution in [0.15, 0.2) is 18.3 Å². The Bertz CT molecular complexity index is 247. The van der Waals surface area contributed by atoms with Crippen molar-refractivity contribution in [2.24, 2.45) is 0 Å². The fourth-order valence-electron chi connectivity index (χ4n) is 1.02. The number of aromatic nitrogens is 1. The molecule has 1 rings (SSSR count). The molecule has 0 fully saturated rings. The van der Waals surface area contributed by atoms with Gasteiger partial charge in [0.05, 0.1) is 0 Å². The molecule has 0 amide bonds. The topological polar surface area (TPSA) is 42.2 Å². The Balaban J connectivity index is 2.63. The van der Waals surface area contributed by atoms with Crippen molar-refractivity contribution in [3.8, 4) is 0 Å². The van der Waals surface area contributed by atoms with Crippen molar-refractivity contribution in [2.45, 2.75) is 13.5 Å². The second-order valence-electron chi connectivity index (χ2n) is 2.92. The number of nitrogen functional groups attached to an aromatic ring is 1. The van der Waals surface area contributed by atoms with E-state index in [1.54, 1.807) is 6.20 Å². The number of nitrogens with two attached hydrogens (primary N) is 1.